The Kier molecular flexibility index (Phi) is 6.18. The van der Waals surface area contributed by atoms with Gasteiger partial charge in [0.15, 0.2) is 0 Å². The molecule has 2 saturated heterocycles. The van der Waals surface area contributed by atoms with Gasteiger partial charge in [0.2, 0.25) is 0 Å². The van der Waals surface area contributed by atoms with Gasteiger partial charge >= 0.3 is 12.2 Å². The first-order valence-corrected chi connectivity index (χ1v) is 11.6. The number of fused-ring (bicyclic) bond motifs is 1. The van der Waals surface area contributed by atoms with Crippen molar-refractivity contribution in [1.29, 1.82) is 0 Å². The largest absolute Gasteiger partial charge is 0.406 e. The Labute approximate surface area is 200 Å². The van der Waals surface area contributed by atoms with Gasteiger partial charge in [-0.05, 0) is 31.7 Å². The summed E-state index contributed by atoms with van der Waals surface area (Å²) in [6.45, 7) is 2.84. The van der Waals surface area contributed by atoms with Crippen LogP contribution in [-0.2, 0) is 9.53 Å². The summed E-state index contributed by atoms with van der Waals surface area (Å²) < 4.78 is 53.2. The second-order valence-electron chi connectivity index (χ2n) is 9.04. The van der Waals surface area contributed by atoms with E-state index in [4.69, 9.17) is 9.15 Å². The Morgan fingerprint density at radius 3 is 2.69 bits per heavy atom. The minimum atomic E-state index is -4.57. The monoisotopic (exact) mass is 492 g/mol. The fourth-order valence-corrected chi connectivity index (χ4v) is 5.20. The molecule has 0 spiro atoms. The number of amides is 1. The molecular formula is C23H27F3N6O3. The number of halogens is 3. The third-order valence-corrected chi connectivity index (χ3v) is 6.82. The minimum absolute atomic E-state index is 0.0382. The fourth-order valence-electron chi connectivity index (χ4n) is 5.20. The second kappa shape index (κ2) is 9.15. The molecule has 2 aromatic rings. The zero-order valence-electron chi connectivity index (χ0n) is 19.4. The molecule has 9 nitrogen and oxygen atoms in total. The van der Waals surface area contributed by atoms with Gasteiger partial charge < -0.3 is 19.4 Å². The average Bonchev–Trinajstić information content (AvgIpc) is 3.46. The zero-order chi connectivity index (χ0) is 24.7. The molecule has 3 aliphatic heterocycles. The Bertz CT molecular complexity index is 1100. The molecular weight excluding hydrogens is 465 g/mol. The first-order valence-electron chi connectivity index (χ1n) is 11.6. The van der Waals surface area contributed by atoms with E-state index in [1.165, 1.54) is 0 Å². The van der Waals surface area contributed by atoms with Gasteiger partial charge in [-0.1, -0.05) is 35.4 Å². The van der Waals surface area contributed by atoms with Crippen molar-refractivity contribution in [2.75, 3.05) is 25.2 Å². The number of piperidine rings is 1. The number of rotatable bonds is 5. The van der Waals surface area contributed by atoms with Crippen molar-refractivity contribution in [3.8, 4) is 0 Å². The number of methoxy groups -OCH3 is 1. The maximum absolute atomic E-state index is 14.0. The Morgan fingerprint density at radius 2 is 1.97 bits per heavy atom. The zero-order valence-corrected chi connectivity index (χ0v) is 19.4. The number of carbonyl (C=O) groups is 1. The number of nitrogens with zero attached hydrogens (tertiary/aromatic N) is 4. The van der Waals surface area contributed by atoms with E-state index in [9.17, 15) is 18.0 Å². The molecule has 2 N–H and O–H groups in total. The summed E-state index contributed by atoms with van der Waals surface area (Å²) in [5.74, 6) is -1.73. The summed E-state index contributed by atoms with van der Waals surface area (Å²) in [5, 5.41) is 12.3. The van der Waals surface area contributed by atoms with Gasteiger partial charge in [0.1, 0.15) is 17.8 Å². The number of hydrogen-bond donors (Lipinski definition) is 2. The number of ether oxygens (including phenoxy) is 1. The topological polar surface area (TPSA) is 95.8 Å². The van der Waals surface area contributed by atoms with Crippen LogP contribution in [0.4, 0.5) is 19.2 Å². The van der Waals surface area contributed by atoms with E-state index < -0.39 is 30.2 Å². The quantitative estimate of drug-likeness (QED) is 0.658. The fraction of sp³-hybridized carbons (Fsp3) is 0.522. The van der Waals surface area contributed by atoms with Crippen molar-refractivity contribution in [2.45, 2.75) is 56.5 Å². The van der Waals surface area contributed by atoms with E-state index in [1.54, 1.807) is 44.4 Å². The van der Waals surface area contributed by atoms with Crippen molar-refractivity contribution < 1.29 is 27.1 Å². The molecule has 0 saturated carbocycles. The molecule has 0 aliphatic carbocycles. The van der Waals surface area contributed by atoms with Crippen molar-refractivity contribution in [1.82, 2.24) is 25.9 Å². The number of alkyl halides is 3. The second-order valence-corrected chi connectivity index (χ2v) is 9.04. The molecule has 188 valence electrons. The van der Waals surface area contributed by atoms with E-state index in [1.807, 2.05) is 4.90 Å². The standard InChI is InChI=1S/C23H27F3N6O3/c1-13-16(20-28-29-22(35-20)31-11-7-6-10-15(31)12-34-2)21(33)32-19(27-13)17(14-8-4-3-5-9-14)18(30-32)23(24,25)26/h3-5,8-9,15,17-19,27,30H,6-7,10-12H2,1-2H3. The molecule has 35 heavy (non-hydrogen) atoms. The van der Waals surface area contributed by atoms with Gasteiger partial charge in [0.05, 0.1) is 18.6 Å². The van der Waals surface area contributed by atoms with E-state index in [-0.39, 0.29) is 23.5 Å². The van der Waals surface area contributed by atoms with Crippen LogP contribution in [0, 0.1) is 0 Å². The first kappa shape index (κ1) is 23.6. The van der Waals surface area contributed by atoms with Gasteiger partial charge in [-0.3, -0.25) is 4.79 Å². The lowest BCUT2D eigenvalue weighted by atomic mass is 9.89. The lowest BCUT2D eigenvalue weighted by Crippen LogP contribution is -2.54. The predicted molar refractivity (Wildman–Crippen MR) is 120 cm³/mol. The molecule has 5 rings (SSSR count). The smallest absolute Gasteiger partial charge is 0.403 e. The molecule has 1 amide bonds. The molecule has 1 aromatic carbocycles. The Balaban J connectivity index is 1.46. The maximum Gasteiger partial charge on any atom is 0.406 e. The van der Waals surface area contributed by atoms with Gasteiger partial charge in [-0.15, -0.1) is 5.10 Å². The summed E-state index contributed by atoms with van der Waals surface area (Å²) >= 11 is 0. The Morgan fingerprint density at radius 1 is 1.20 bits per heavy atom. The number of aromatic nitrogens is 2. The van der Waals surface area contributed by atoms with Crippen LogP contribution in [0.1, 0.15) is 43.6 Å². The summed E-state index contributed by atoms with van der Waals surface area (Å²) in [4.78, 5) is 15.4. The van der Waals surface area contributed by atoms with Gasteiger partial charge in [-0.2, -0.15) is 13.2 Å². The average molecular weight is 493 g/mol. The van der Waals surface area contributed by atoms with Crippen LogP contribution < -0.4 is 15.6 Å². The molecule has 4 atom stereocenters. The Hall–Kier alpha value is -3.12. The molecule has 3 aliphatic rings. The van der Waals surface area contributed by atoms with Crippen LogP contribution in [0.15, 0.2) is 40.4 Å². The predicted octanol–water partition coefficient (Wildman–Crippen LogP) is 2.80. The van der Waals surface area contributed by atoms with Crippen LogP contribution in [0.3, 0.4) is 0 Å². The van der Waals surface area contributed by atoms with Crippen LogP contribution in [-0.4, -0.2) is 65.8 Å². The van der Waals surface area contributed by atoms with E-state index in [2.05, 4.69) is 20.9 Å². The highest BCUT2D eigenvalue weighted by molar-refractivity contribution is 6.19. The van der Waals surface area contributed by atoms with Gasteiger partial charge in [0, 0.05) is 19.4 Å². The van der Waals surface area contributed by atoms with E-state index in [0.29, 0.717) is 24.4 Å². The number of nitrogens with one attached hydrogen (secondary N) is 2. The highest BCUT2D eigenvalue weighted by atomic mass is 19.4. The van der Waals surface area contributed by atoms with Crippen molar-refractivity contribution in [3.63, 3.8) is 0 Å². The highest BCUT2D eigenvalue weighted by Gasteiger charge is 2.58. The maximum atomic E-state index is 14.0. The van der Waals surface area contributed by atoms with Crippen molar-refractivity contribution >= 4 is 17.5 Å². The number of allylic oxidation sites excluding steroid dienone is 1. The lowest BCUT2D eigenvalue weighted by Gasteiger charge is -2.34. The molecule has 4 heterocycles. The molecule has 2 fully saturated rings. The van der Waals surface area contributed by atoms with Crippen molar-refractivity contribution in [3.05, 3.63) is 47.5 Å². The molecule has 0 radical (unpaired) electrons. The van der Waals surface area contributed by atoms with Crippen LogP contribution in [0.5, 0.6) is 0 Å². The normalized spacial score (nSPS) is 27.3. The SMILES string of the molecule is COCC1CCCCN1c1nnc(C2=C(C)NC3C(c4ccccc4)C(C(F)(F)F)NN3C2=O)o1. The third kappa shape index (κ3) is 4.25. The van der Waals surface area contributed by atoms with E-state index >= 15 is 0 Å². The minimum Gasteiger partial charge on any atom is -0.403 e. The van der Waals surface area contributed by atoms with E-state index in [0.717, 1.165) is 24.3 Å². The summed E-state index contributed by atoms with van der Waals surface area (Å²) in [6.07, 6.45) is -2.58. The van der Waals surface area contributed by atoms with Gasteiger partial charge in [0.25, 0.3) is 11.8 Å². The lowest BCUT2D eigenvalue weighted by molar-refractivity contribution is -0.161. The van der Waals surface area contributed by atoms with Crippen molar-refractivity contribution in [2.24, 2.45) is 0 Å². The van der Waals surface area contributed by atoms with Crippen LogP contribution >= 0.6 is 0 Å². The number of anilines is 1. The summed E-state index contributed by atoms with van der Waals surface area (Å²) in [7, 11) is 1.63. The molecule has 12 heteroatoms. The third-order valence-electron chi connectivity index (χ3n) is 6.82. The molecule has 0 bridgehead atoms. The summed E-state index contributed by atoms with van der Waals surface area (Å²) in [5.41, 5.74) is 3.29. The summed E-state index contributed by atoms with van der Waals surface area (Å²) in [6, 6.07) is 6.76. The number of benzene rings is 1. The highest BCUT2D eigenvalue weighted by Crippen LogP contribution is 2.42. The van der Waals surface area contributed by atoms with Crippen LogP contribution in [0.2, 0.25) is 0 Å². The first-order chi connectivity index (χ1) is 16.8. The number of carbonyl (C=O) groups excluding carboxylic acids is 1. The number of hydrogen-bond acceptors (Lipinski definition) is 8. The number of hydrazine groups is 1. The molecule has 1 aromatic heterocycles. The molecule has 4 unspecified atom stereocenters. The van der Waals surface area contributed by atoms with Gasteiger partial charge in [-0.25, -0.2) is 10.4 Å². The van der Waals surface area contributed by atoms with Crippen LogP contribution in [0.25, 0.3) is 5.57 Å².